The monoisotopic (exact) mass is 184 g/mol. The molecule has 2 heteroatoms. The van der Waals surface area contributed by atoms with Gasteiger partial charge in [0.2, 0.25) is 0 Å². The molecule has 0 spiro atoms. The number of ketones is 1. The molecule has 0 aliphatic heterocycles. The molecular formula is C11H20O2. The molecule has 0 aromatic rings. The summed E-state index contributed by atoms with van der Waals surface area (Å²) in [7, 11) is 0. The van der Waals surface area contributed by atoms with E-state index in [0.29, 0.717) is 11.7 Å². The van der Waals surface area contributed by atoms with Crippen LogP contribution in [0.25, 0.3) is 0 Å². The van der Waals surface area contributed by atoms with Crippen molar-refractivity contribution in [3.63, 3.8) is 0 Å². The van der Waals surface area contributed by atoms with Crippen molar-refractivity contribution in [1.82, 2.24) is 0 Å². The van der Waals surface area contributed by atoms with Crippen molar-refractivity contribution in [1.29, 1.82) is 0 Å². The van der Waals surface area contributed by atoms with Gasteiger partial charge >= 0.3 is 0 Å². The maximum absolute atomic E-state index is 11.8. The zero-order chi connectivity index (χ0) is 9.84. The van der Waals surface area contributed by atoms with Crippen LogP contribution in [0.15, 0.2) is 0 Å². The Labute approximate surface area is 80.3 Å². The maximum Gasteiger partial charge on any atom is 0.141 e. The Kier molecular flexibility index (Phi) is 3.91. The Bertz CT molecular complexity index is 177. The summed E-state index contributed by atoms with van der Waals surface area (Å²) in [4.78, 5) is 11.8. The molecule has 1 saturated carbocycles. The molecule has 0 amide bonds. The van der Waals surface area contributed by atoms with Crippen molar-refractivity contribution < 1.29 is 9.90 Å². The van der Waals surface area contributed by atoms with Gasteiger partial charge in [0.05, 0.1) is 6.61 Å². The van der Waals surface area contributed by atoms with Gasteiger partial charge in [-0.25, -0.2) is 0 Å². The first-order chi connectivity index (χ1) is 6.20. The van der Waals surface area contributed by atoms with Gasteiger partial charge in [-0.1, -0.05) is 26.7 Å². The molecule has 0 aromatic carbocycles. The van der Waals surface area contributed by atoms with Gasteiger partial charge in [0.1, 0.15) is 5.78 Å². The zero-order valence-electron chi connectivity index (χ0n) is 8.62. The molecule has 0 aromatic heterocycles. The number of carbonyl (C=O) groups excluding carboxylic acids is 1. The SMILES string of the molecule is CCC(C)C1CCCC(CO)C1=O. The van der Waals surface area contributed by atoms with Crippen molar-refractivity contribution in [3.8, 4) is 0 Å². The average Bonchev–Trinajstić information content (AvgIpc) is 2.17. The van der Waals surface area contributed by atoms with Gasteiger partial charge in [0, 0.05) is 11.8 Å². The van der Waals surface area contributed by atoms with E-state index in [-0.39, 0.29) is 18.4 Å². The number of hydrogen-bond donors (Lipinski definition) is 1. The van der Waals surface area contributed by atoms with Gasteiger partial charge < -0.3 is 5.11 Å². The van der Waals surface area contributed by atoms with E-state index in [9.17, 15) is 4.79 Å². The second-order valence-electron chi connectivity index (χ2n) is 4.20. The van der Waals surface area contributed by atoms with E-state index in [1.807, 2.05) is 0 Å². The molecule has 1 rings (SSSR count). The molecule has 3 atom stereocenters. The summed E-state index contributed by atoms with van der Waals surface area (Å²) in [5, 5.41) is 9.01. The molecule has 1 N–H and O–H groups in total. The third-order valence-corrected chi connectivity index (χ3v) is 3.39. The van der Waals surface area contributed by atoms with Crippen LogP contribution >= 0.6 is 0 Å². The van der Waals surface area contributed by atoms with Crippen LogP contribution in [-0.4, -0.2) is 17.5 Å². The van der Waals surface area contributed by atoms with Gasteiger partial charge in [0.25, 0.3) is 0 Å². The lowest BCUT2D eigenvalue weighted by Crippen LogP contribution is -2.34. The molecule has 13 heavy (non-hydrogen) atoms. The molecule has 3 unspecified atom stereocenters. The smallest absolute Gasteiger partial charge is 0.141 e. The van der Waals surface area contributed by atoms with E-state index in [4.69, 9.17) is 5.11 Å². The zero-order valence-corrected chi connectivity index (χ0v) is 8.62. The van der Waals surface area contributed by atoms with E-state index in [2.05, 4.69) is 13.8 Å². The van der Waals surface area contributed by atoms with Crippen LogP contribution in [-0.2, 0) is 4.79 Å². The number of aliphatic hydroxyl groups excluding tert-OH is 1. The third kappa shape index (κ3) is 2.31. The number of Topliss-reactive ketones (excluding diaryl/α,β-unsaturated/α-hetero) is 1. The Morgan fingerprint density at radius 2 is 2.23 bits per heavy atom. The summed E-state index contributed by atoms with van der Waals surface area (Å²) < 4.78 is 0. The number of hydrogen-bond acceptors (Lipinski definition) is 2. The lowest BCUT2D eigenvalue weighted by molar-refractivity contribution is -0.132. The normalized spacial score (nSPS) is 31.8. The highest BCUT2D eigenvalue weighted by atomic mass is 16.3. The molecule has 2 nitrogen and oxygen atoms in total. The molecule has 0 heterocycles. The van der Waals surface area contributed by atoms with E-state index in [0.717, 1.165) is 25.7 Å². The summed E-state index contributed by atoms with van der Waals surface area (Å²) in [6.07, 6.45) is 4.09. The van der Waals surface area contributed by atoms with Crippen LogP contribution in [0.1, 0.15) is 39.5 Å². The molecule has 0 radical (unpaired) electrons. The topological polar surface area (TPSA) is 37.3 Å². The summed E-state index contributed by atoms with van der Waals surface area (Å²) >= 11 is 0. The fraction of sp³-hybridized carbons (Fsp3) is 0.909. The minimum Gasteiger partial charge on any atom is -0.396 e. The molecular weight excluding hydrogens is 164 g/mol. The largest absolute Gasteiger partial charge is 0.396 e. The quantitative estimate of drug-likeness (QED) is 0.728. The Balaban J connectivity index is 2.59. The number of rotatable bonds is 3. The first-order valence-corrected chi connectivity index (χ1v) is 5.35. The van der Waals surface area contributed by atoms with Gasteiger partial charge in [-0.15, -0.1) is 0 Å². The molecule has 1 aliphatic rings. The third-order valence-electron chi connectivity index (χ3n) is 3.39. The maximum atomic E-state index is 11.8. The van der Waals surface area contributed by atoms with Crippen LogP contribution < -0.4 is 0 Å². The fourth-order valence-electron chi connectivity index (χ4n) is 2.20. The van der Waals surface area contributed by atoms with Gasteiger partial charge in [-0.05, 0) is 18.8 Å². The van der Waals surface area contributed by atoms with Gasteiger partial charge in [-0.3, -0.25) is 4.79 Å². The summed E-state index contributed by atoms with van der Waals surface area (Å²) in [5.74, 6) is 0.952. The van der Waals surface area contributed by atoms with Crippen LogP contribution in [0.3, 0.4) is 0 Å². The summed E-state index contributed by atoms with van der Waals surface area (Å²) in [5.41, 5.74) is 0. The number of carbonyl (C=O) groups is 1. The molecule has 1 aliphatic carbocycles. The van der Waals surface area contributed by atoms with Crippen LogP contribution in [0, 0.1) is 17.8 Å². The predicted octanol–water partition coefficient (Wildman–Crippen LogP) is 2.01. The summed E-state index contributed by atoms with van der Waals surface area (Å²) in [6.45, 7) is 4.31. The Morgan fingerprint density at radius 1 is 1.54 bits per heavy atom. The first kappa shape index (κ1) is 10.7. The van der Waals surface area contributed by atoms with Crippen molar-refractivity contribution >= 4 is 5.78 Å². The number of aliphatic hydroxyl groups is 1. The van der Waals surface area contributed by atoms with E-state index in [1.54, 1.807) is 0 Å². The predicted molar refractivity (Wildman–Crippen MR) is 52.4 cm³/mol. The highest BCUT2D eigenvalue weighted by molar-refractivity contribution is 5.84. The second kappa shape index (κ2) is 4.75. The van der Waals surface area contributed by atoms with Crippen molar-refractivity contribution in [2.24, 2.45) is 17.8 Å². The van der Waals surface area contributed by atoms with Gasteiger partial charge in [0.15, 0.2) is 0 Å². The standard InChI is InChI=1S/C11H20O2/c1-3-8(2)10-6-4-5-9(7-12)11(10)13/h8-10,12H,3-7H2,1-2H3. The first-order valence-electron chi connectivity index (χ1n) is 5.35. The summed E-state index contributed by atoms with van der Waals surface area (Å²) in [6, 6.07) is 0. The lowest BCUT2D eigenvalue weighted by atomic mass is 9.74. The molecule has 76 valence electrons. The minimum absolute atomic E-state index is 0.0474. The van der Waals surface area contributed by atoms with E-state index >= 15 is 0 Å². The minimum atomic E-state index is -0.0623. The van der Waals surface area contributed by atoms with Crippen molar-refractivity contribution in [2.75, 3.05) is 6.61 Å². The fourth-order valence-corrected chi connectivity index (χ4v) is 2.20. The lowest BCUT2D eigenvalue weighted by Gasteiger charge is -2.30. The van der Waals surface area contributed by atoms with Gasteiger partial charge in [-0.2, -0.15) is 0 Å². The van der Waals surface area contributed by atoms with E-state index < -0.39 is 0 Å². The van der Waals surface area contributed by atoms with Crippen LogP contribution in [0.2, 0.25) is 0 Å². The van der Waals surface area contributed by atoms with E-state index in [1.165, 1.54) is 0 Å². The van der Waals surface area contributed by atoms with Crippen LogP contribution in [0.4, 0.5) is 0 Å². The average molecular weight is 184 g/mol. The molecule has 1 fully saturated rings. The second-order valence-corrected chi connectivity index (χ2v) is 4.20. The highest BCUT2D eigenvalue weighted by Gasteiger charge is 2.32. The molecule has 0 saturated heterocycles. The molecule has 0 bridgehead atoms. The van der Waals surface area contributed by atoms with Crippen molar-refractivity contribution in [2.45, 2.75) is 39.5 Å². The Hall–Kier alpha value is -0.370. The Morgan fingerprint density at radius 3 is 2.77 bits per heavy atom. The van der Waals surface area contributed by atoms with Crippen LogP contribution in [0.5, 0.6) is 0 Å². The highest BCUT2D eigenvalue weighted by Crippen LogP contribution is 2.31. The van der Waals surface area contributed by atoms with Crippen molar-refractivity contribution in [3.05, 3.63) is 0 Å².